The van der Waals surface area contributed by atoms with E-state index in [1.807, 2.05) is 0 Å². The van der Waals surface area contributed by atoms with Crippen molar-refractivity contribution in [3.63, 3.8) is 0 Å². The summed E-state index contributed by atoms with van der Waals surface area (Å²) in [6.45, 7) is 2.29. The molecule has 0 amide bonds. The van der Waals surface area contributed by atoms with E-state index in [1.54, 1.807) is 5.57 Å². The lowest BCUT2D eigenvalue weighted by Gasteiger charge is -2.19. The van der Waals surface area contributed by atoms with Gasteiger partial charge in [0.1, 0.15) is 0 Å². The molecule has 0 spiro atoms. The standard InChI is InChI=1S/C26H40/c1-2-3-4-5-6-7-8-11-20-26(23-25-18-14-10-15-19-25)22-21-24-16-12-9-13-17-24/h9,11-13,16-17,20,23,25H,2-8,10,14-15,18-19,21-22H2,1H3/b20-11+,26-23-. The molecule has 1 aromatic carbocycles. The van der Waals surface area contributed by atoms with Gasteiger partial charge in [0.2, 0.25) is 0 Å². The zero-order chi connectivity index (χ0) is 18.3. The average molecular weight is 353 g/mol. The minimum Gasteiger partial charge on any atom is -0.0843 e. The third-order valence-electron chi connectivity index (χ3n) is 5.70. The monoisotopic (exact) mass is 352 g/mol. The van der Waals surface area contributed by atoms with E-state index < -0.39 is 0 Å². The molecule has 0 radical (unpaired) electrons. The number of rotatable bonds is 12. The van der Waals surface area contributed by atoms with E-state index in [2.05, 4.69) is 55.5 Å². The fourth-order valence-electron chi connectivity index (χ4n) is 4.04. The van der Waals surface area contributed by atoms with Gasteiger partial charge in [0, 0.05) is 0 Å². The molecule has 0 aromatic heterocycles. The van der Waals surface area contributed by atoms with Gasteiger partial charge in [-0.3, -0.25) is 0 Å². The Labute approximate surface area is 162 Å². The number of hydrogen-bond acceptors (Lipinski definition) is 0. The summed E-state index contributed by atoms with van der Waals surface area (Å²) in [6.07, 6.45) is 26.5. The van der Waals surface area contributed by atoms with E-state index in [0.29, 0.717) is 0 Å². The number of allylic oxidation sites excluding steroid dienone is 4. The van der Waals surface area contributed by atoms with Crippen molar-refractivity contribution in [3.05, 3.63) is 59.7 Å². The Hall–Kier alpha value is -1.30. The smallest absolute Gasteiger partial charge is 0.0228 e. The van der Waals surface area contributed by atoms with E-state index >= 15 is 0 Å². The first-order valence-corrected chi connectivity index (χ1v) is 11.3. The molecule has 1 aliphatic carbocycles. The normalized spacial score (nSPS) is 16.4. The van der Waals surface area contributed by atoms with Gasteiger partial charge in [0.25, 0.3) is 0 Å². The summed E-state index contributed by atoms with van der Waals surface area (Å²) in [4.78, 5) is 0. The van der Waals surface area contributed by atoms with Gasteiger partial charge in [-0.1, -0.05) is 112 Å². The summed E-state index contributed by atoms with van der Waals surface area (Å²) in [5, 5.41) is 0. The maximum Gasteiger partial charge on any atom is -0.0228 e. The summed E-state index contributed by atoms with van der Waals surface area (Å²) in [6, 6.07) is 11.0. The molecule has 144 valence electrons. The third kappa shape index (κ3) is 9.41. The lowest BCUT2D eigenvalue weighted by atomic mass is 9.87. The van der Waals surface area contributed by atoms with Gasteiger partial charge in [-0.2, -0.15) is 0 Å². The van der Waals surface area contributed by atoms with Crippen molar-refractivity contribution in [1.82, 2.24) is 0 Å². The summed E-state index contributed by atoms with van der Waals surface area (Å²) in [5.41, 5.74) is 3.04. The molecule has 26 heavy (non-hydrogen) atoms. The summed E-state index contributed by atoms with van der Waals surface area (Å²) in [5.74, 6) is 0.827. The predicted octanol–water partition coefficient (Wildman–Crippen LogP) is 8.43. The van der Waals surface area contributed by atoms with Crippen molar-refractivity contribution >= 4 is 0 Å². The molecule has 1 aromatic rings. The Balaban J connectivity index is 1.79. The molecule has 0 aliphatic heterocycles. The lowest BCUT2D eigenvalue weighted by molar-refractivity contribution is 0.418. The first kappa shape index (κ1) is 21.0. The van der Waals surface area contributed by atoms with E-state index in [4.69, 9.17) is 0 Å². The first-order chi connectivity index (χ1) is 12.9. The number of unbranched alkanes of at least 4 members (excludes halogenated alkanes) is 6. The molecule has 0 heterocycles. The Morgan fingerprint density at radius 3 is 2.42 bits per heavy atom. The van der Waals surface area contributed by atoms with E-state index in [-0.39, 0.29) is 0 Å². The highest BCUT2D eigenvalue weighted by molar-refractivity contribution is 5.23. The van der Waals surface area contributed by atoms with Crippen molar-refractivity contribution in [2.24, 2.45) is 5.92 Å². The van der Waals surface area contributed by atoms with E-state index in [1.165, 1.54) is 95.5 Å². The van der Waals surface area contributed by atoms with Crippen LogP contribution in [0.4, 0.5) is 0 Å². The van der Waals surface area contributed by atoms with Gasteiger partial charge in [-0.05, 0) is 50.0 Å². The second kappa shape index (κ2) is 13.8. The number of aryl methyl sites for hydroxylation is 1. The van der Waals surface area contributed by atoms with Crippen molar-refractivity contribution in [3.8, 4) is 0 Å². The molecule has 2 rings (SSSR count). The van der Waals surface area contributed by atoms with Crippen LogP contribution >= 0.6 is 0 Å². The SMILES string of the molecule is CCCCCCCC/C=C/C(=C/C1CCCCC1)CCc1ccccc1. The molecule has 0 heteroatoms. The van der Waals surface area contributed by atoms with Crippen LogP contribution in [0.1, 0.15) is 96.0 Å². The van der Waals surface area contributed by atoms with Crippen molar-refractivity contribution in [1.29, 1.82) is 0 Å². The van der Waals surface area contributed by atoms with Crippen LogP contribution in [0.15, 0.2) is 54.1 Å². The fraction of sp³-hybridized carbons (Fsp3) is 0.615. The molecule has 1 aliphatic rings. The second-order valence-electron chi connectivity index (χ2n) is 8.08. The van der Waals surface area contributed by atoms with Gasteiger partial charge in [0.05, 0.1) is 0 Å². The van der Waals surface area contributed by atoms with Gasteiger partial charge in [-0.15, -0.1) is 0 Å². The van der Waals surface area contributed by atoms with E-state index in [0.717, 1.165) is 5.92 Å². The number of hydrogen-bond donors (Lipinski definition) is 0. The van der Waals surface area contributed by atoms with Crippen LogP contribution in [-0.4, -0.2) is 0 Å². The van der Waals surface area contributed by atoms with Gasteiger partial charge in [0.15, 0.2) is 0 Å². The van der Waals surface area contributed by atoms with Crippen molar-refractivity contribution < 1.29 is 0 Å². The summed E-state index contributed by atoms with van der Waals surface area (Å²) < 4.78 is 0. The summed E-state index contributed by atoms with van der Waals surface area (Å²) >= 11 is 0. The van der Waals surface area contributed by atoms with Crippen LogP contribution < -0.4 is 0 Å². The topological polar surface area (TPSA) is 0 Å². The largest absolute Gasteiger partial charge is 0.0843 e. The molecule has 0 nitrogen and oxygen atoms in total. The highest BCUT2D eigenvalue weighted by atomic mass is 14.2. The van der Waals surface area contributed by atoms with Gasteiger partial charge >= 0.3 is 0 Å². The molecule has 0 atom stereocenters. The average Bonchev–Trinajstić information content (AvgIpc) is 2.69. The van der Waals surface area contributed by atoms with Gasteiger partial charge in [-0.25, -0.2) is 0 Å². The van der Waals surface area contributed by atoms with Crippen LogP contribution in [0.2, 0.25) is 0 Å². The van der Waals surface area contributed by atoms with Crippen molar-refractivity contribution in [2.45, 2.75) is 96.8 Å². The lowest BCUT2D eigenvalue weighted by Crippen LogP contribution is -2.04. The molecule has 0 saturated heterocycles. The minimum atomic E-state index is 0.827. The number of benzene rings is 1. The fourth-order valence-corrected chi connectivity index (χ4v) is 4.04. The zero-order valence-electron chi connectivity index (χ0n) is 17.1. The Bertz CT molecular complexity index is 502. The zero-order valence-corrected chi connectivity index (χ0v) is 17.1. The van der Waals surface area contributed by atoms with Crippen LogP contribution in [0, 0.1) is 5.92 Å². The van der Waals surface area contributed by atoms with Crippen molar-refractivity contribution in [2.75, 3.05) is 0 Å². The summed E-state index contributed by atoms with van der Waals surface area (Å²) in [7, 11) is 0. The minimum absolute atomic E-state index is 0.827. The maximum absolute atomic E-state index is 2.61. The van der Waals surface area contributed by atoms with Crippen LogP contribution in [0.5, 0.6) is 0 Å². The van der Waals surface area contributed by atoms with Crippen LogP contribution in [0.25, 0.3) is 0 Å². The predicted molar refractivity (Wildman–Crippen MR) is 117 cm³/mol. The quantitative estimate of drug-likeness (QED) is 0.261. The first-order valence-electron chi connectivity index (χ1n) is 11.3. The van der Waals surface area contributed by atoms with Crippen LogP contribution in [-0.2, 0) is 6.42 Å². The maximum atomic E-state index is 2.61. The molecule has 0 bridgehead atoms. The van der Waals surface area contributed by atoms with Gasteiger partial charge < -0.3 is 0 Å². The Morgan fingerprint density at radius 2 is 1.65 bits per heavy atom. The van der Waals surface area contributed by atoms with Crippen LogP contribution in [0.3, 0.4) is 0 Å². The second-order valence-corrected chi connectivity index (χ2v) is 8.08. The highest BCUT2D eigenvalue weighted by Gasteiger charge is 2.11. The molecular weight excluding hydrogens is 312 g/mol. The molecule has 1 saturated carbocycles. The molecule has 1 fully saturated rings. The Kier molecular flexibility index (Phi) is 11.2. The molecule has 0 N–H and O–H groups in total. The van der Waals surface area contributed by atoms with E-state index in [9.17, 15) is 0 Å². The Morgan fingerprint density at radius 1 is 0.923 bits per heavy atom. The third-order valence-corrected chi connectivity index (χ3v) is 5.70. The molecule has 0 unspecified atom stereocenters. The molecular formula is C26H40. The highest BCUT2D eigenvalue weighted by Crippen LogP contribution is 2.27.